The molecule has 0 radical (unpaired) electrons. The minimum absolute atomic E-state index is 0.0334. The van der Waals surface area contributed by atoms with Crippen LogP contribution in [0.25, 0.3) is 57.9 Å². The van der Waals surface area contributed by atoms with Gasteiger partial charge in [-0.3, -0.25) is 0 Å². The van der Waals surface area contributed by atoms with Gasteiger partial charge in [0.25, 0.3) is 0 Å². The van der Waals surface area contributed by atoms with Gasteiger partial charge in [-0.2, -0.15) is 0 Å². The monoisotopic (exact) mass is 724 g/mol. The second-order valence-corrected chi connectivity index (χ2v) is 15.8. The first-order valence-electron chi connectivity index (χ1n) is 17.4. The Bertz CT molecular complexity index is 2790. The van der Waals surface area contributed by atoms with E-state index in [1.807, 2.05) is 24.3 Å². The van der Waals surface area contributed by atoms with E-state index >= 15 is 0 Å². The fourth-order valence-electron chi connectivity index (χ4n) is 7.75. The number of hydrogen-bond donors (Lipinski definition) is 0. The van der Waals surface area contributed by atoms with Crippen LogP contribution in [-0.4, -0.2) is 19.1 Å². The van der Waals surface area contributed by atoms with Crippen molar-refractivity contribution < 1.29 is 0 Å². The van der Waals surface area contributed by atoms with Gasteiger partial charge in [-0.05, 0) is 0 Å². The fourth-order valence-corrected chi connectivity index (χ4v) is 10.1. The number of para-hydroxylation sites is 4. The Balaban J connectivity index is 1.39. The van der Waals surface area contributed by atoms with E-state index in [1.165, 1.54) is 44.1 Å². The summed E-state index contributed by atoms with van der Waals surface area (Å²) in [6.45, 7) is 8.80. The molecule has 0 spiro atoms. The normalized spacial score (nSPS) is 11.6. The van der Waals surface area contributed by atoms with Crippen molar-refractivity contribution in [3.05, 3.63) is 178 Å². The Morgan fingerprint density at radius 2 is 1.02 bits per heavy atom. The number of fused-ring (bicyclic) bond motifs is 5. The second-order valence-electron chi connectivity index (χ2n) is 13.6. The van der Waals surface area contributed by atoms with E-state index < -0.39 is 0 Å². The Hall–Kier alpha value is -5.67. The average molecular weight is 724 g/mol. The van der Waals surface area contributed by atoms with Crippen LogP contribution in [-0.2, 0) is 0 Å². The SMILES string of the molecule is Cc1ccccc1N(c1cc(-c2ccc3c(=O)c4ccccc4[se]c3c2)cc(-n2c3c(C)cccc3c3cccc(C)c32)c1)c1ccccc1C. The molecule has 7 aromatic carbocycles. The van der Waals surface area contributed by atoms with Gasteiger partial charge in [-0.1, -0.05) is 0 Å². The summed E-state index contributed by atoms with van der Waals surface area (Å²) < 4.78 is 4.75. The fraction of sp³-hybridized carbons (Fsp3) is 0.0851. The summed E-state index contributed by atoms with van der Waals surface area (Å²) in [7, 11) is 0. The first-order valence-corrected chi connectivity index (χ1v) is 19.1. The molecule has 4 heteroatoms. The van der Waals surface area contributed by atoms with Crippen LogP contribution >= 0.6 is 0 Å². The number of aromatic nitrogens is 1. The van der Waals surface area contributed by atoms with Crippen molar-refractivity contribution in [3.8, 4) is 16.8 Å². The van der Waals surface area contributed by atoms with Gasteiger partial charge in [0.15, 0.2) is 0 Å². The van der Waals surface area contributed by atoms with Crippen LogP contribution in [0.2, 0.25) is 0 Å². The summed E-state index contributed by atoms with van der Waals surface area (Å²) in [5.74, 6) is 0. The van der Waals surface area contributed by atoms with Crippen molar-refractivity contribution in [1.82, 2.24) is 4.57 Å². The molecule has 0 bridgehead atoms. The van der Waals surface area contributed by atoms with Crippen molar-refractivity contribution >= 4 is 72.7 Å². The van der Waals surface area contributed by atoms with Gasteiger partial charge in [-0.25, -0.2) is 0 Å². The Kier molecular flexibility index (Phi) is 7.54. The zero-order chi connectivity index (χ0) is 34.8. The van der Waals surface area contributed by atoms with Crippen LogP contribution in [0.3, 0.4) is 0 Å². The number of rotatable bonds is 5. The molecule has 51 heavy (non-hydrogen) atoms. The molecular formula is C47H36N2OSe. The third-order valence-corrected chi connectivity index (χ3v) is 12.6. The molecule has 9 rings (SSSR count). The Morgan fingerprint density at radius 3 is 1.67 bits per heavy atom. The standard InChI is InChI=1S/C47H36N2OSe/c1-29-13-5-8-20-41(29)48(42-21-9-6-14-30(42)2)35-25-34(33-23-24-40-44(27-33)51-43-22-10-7-17-39(43)47(40)50)26-36(28-35)49-45-31(3)15-11-18-37(45)38-19-12-16-32(4)46(38)49/h5-28H,1-4H3. The molecule has 3 nitrogen and oxygen atoms in total. The van der Waals surface area contributed by atoms with E-state index in [0.29, 0.717) is 0 Å². The molecule has 2 heterocycles. The van der Waals surface area contributed by atoms with Crippen molar-refractivity contribution in [1.29, 1.82) is 0 Å². The predicted molar refractivity (Wildman–Crippen MR) is 218 cm³/mol. The van der Waals surface area contributed by atoms with Gasteiger partial charge >= 0.3 is 305 Å². The summed E-state index contributed by atoms with van der Waals surface area (Å²) in [4.78, 5) is 16.0. The number of nitrogens with zero attached hydrogens (tertiary/aromatic N) is 2. The first kappa shape index (κ1) is 31.3. The molecule has 0 aliphatic rings. The maximum atomic E-state index is 13.6. The zero-order valence-corrected chi connectivity index (χ0v) is 30.8. The summed E-state index contributed by atoms with van der Waals surface area (Å²) in [6, 6.07) is 52.1. The number of benzene rings is 7. The van der Waals surface area contributed by atoms with Crippen molar-refractivity contribution in [3.63, 3.8) is 0 Å². The molecule has 246 valence electrons. The molecule has 0 unspecified atom stereocenters. The van der Waals surface area contributed by atoms with Gasteiger partial charge in [-0.15, -0.1) is 0 Å². The molecule has 0 saturated heterocycles. The van der Waals surface area contributed by atoms with E-state index in [0.717, 1.165) is 53.2 Å². The van der Waals surface area contributed by atoms with Gasteiger partial charge in [0.05, 0.1) is 0 Å². The summed E-state index contributed by atoms with van der Waals surface area (Å²) in [6.07, 6.45) is 0. The van der Waals surface area contributed by atoms with Gasteiger partial charge < -0.3 is 0 Å². The third kappa shape index (κ3) is 5.14. The number of hydrogen-bond acceptors (Lipinski definition) is 2. The Labute approximate surface area is 303 Å². The van der Waals surface area contributed by atoms with E-state index in [-0.39, 0.29) is 19.9 Å². The topological polar surface area (TPSA) is 25.2 Å². The quantitative estimate of drug-likeness (QED) is 0.130. The molecule has 0 amide bonds. The minimum atomic E-state index is 0.0334. The first-order chi connectivity index (χ1) is 24.9. The van der Waals surface area contributed by atoms with Gasteiger partial charge in [0, 0.05) is 0 Å². The maximum absolute atomic E-state index is 13.6. The van der Waals surface area contributed by atoms with Crippen molar-refractivity contribution in [2.45, 2.75) is 27.7 Å². The van der Waals surface area contributed by atoms with E-state index in [2.05, 4.69) is 158 Å². The molecule has 0 atom stereocenters. The van der Waals surface area contributed by atoms with Crippen LogP contribution < -0.4 is 10.3 Å². The van der Waals surface area contributed by atoms with Crippen molar-refractivity contribution in [2.24, 2.45) is 0 Å². The van der Waals surface area contributed by atoms with Crippen LogP contribution in [0.15, 0.2) is 150 Å². The van der Waals surface area contributed by atoms with Gasteiger partial charge in [0.2, 0.25) is 0 Å². The summed E-state index contributed by atoms with van der Waals surface area (Å²) >= 11 is 0.0334. The number of aryl methyl sites for hydroxylation is 4. The van der Waals surface area contributed by atoms with Crippen LogP contribution in [0, 0.1) is 27.7 Å². The molecule has 0 saturated carbocycles. The third-order valence-electron chi connectivity index (χ3n) is 10.3. The number of anilines is 3. The van der Waals surface area contributed by atoms with Crippen LogP contribution in [0.4, 0.5) is 17.1 Å². The average Bonchev–Trinajstić information content (AvgIpc) is 3.50. The van der Waals surface area contributed by atoms with Gasteiger partial charge in [0.1, 0.15) is 0 Å². The summed E-state index contributed by atoms with van der Waals surface area (Å²) in [5, 5.41) is 4.17. The molecule has 0 aliphatic heterocycles. The van der Waals surface area contributed by atoms with E-state index in [9.17, 15) is 4.79 Å². The summed E-state index contributed by atoms with van der Waals surface area (Å²) in [5.41, 5.74) is 14.1. The predicted octanol–water partition coefficient (Wildman–Crippen LogP) is 11.9. The Morgan fingerprint density at radius 1 is 0.471 bits per heavy atom. The van der Waals surface area contributed by atoms with E-state index in [1.54, 1.807) is 0 Å². The van der Waals surface area contributed by atoms with E-state index in [4.69, 9.17) is 0 Å². The molecule has 0 fully saturated rings. The zero-order valence-electron chi connectivity index (χ0n) is 29.1. The molecule has 0 N–H and O–H groups in total. The second kappa shape index (κ2) is 12.3. The molecule has 2 aromatic heterocycles. The van der Waals surface area contributed by atoms with Crippen LogP contribution in [0.5, 0.6) is 0 Å². The van der Waals surface area contributed by atoms with Crippen molar-refractivity contribution in [2.75, 3.05) is 4.90 Å². The molecule has 9 aromatic rings. The molecule has 0 aliphatic carbocycles. The molecular weight excluding hydrogens is 687 g/mol. The van der Waals surface area contributed by atoms with Crippen LogP contribution in [0.1, 0.15) is 22.3 Å².